The van der Waals surface area contributed by atoms with Crippen LogP contribution in [-0.2, 0) is 4.74 Å². The minimum Gasteiger partial charge on any atom is -0.380 e. The molecule has 1 aromatic heterocycles. The molecule has 1 atom stereocenters. The van der Waals surface area contributed by atoms with E-state index < -0.39 is 0 Å². The summed E-state index contributed by atoms with van der Waals surface area (Å²) in [6.45, 7) is 11.3. The van der Waals surface area contributed by atoms with Crippen molar-refractivity contribution in [2.45, 2.75) is 46.7 Å². The molecule has 0 aliphatic rings. The van der Waals surface area contributed by atoms with E-state index in [4.69, 9.17) is 4.74 Å². The number of carbonyl (C=O) groups is 1. The number of hydrogen-bond acceptors (Lipinski definition) is 3. The van der Waals surface area contributed by atoms with Crippen molar-refractivity contribution in [2.24, 2.45) is 5.92 Å². The predicted molar refractivity (Wildman–Crippen MR) is 75.2 cm³/mol. The fraction of sp³-hybridized carbons (Fsp3) is 0.714. The highest BCUT2D eigenvalue weighted by Gasteiger charge is 2.19. The molecule has 0 spiro atoms. The van der Waals surface area contributed by atoms with Crippen molar-refractivity contribution in [2.75, 3.05) is 13.2 Å². The monoisotopic (exact) mass is 267 g/mol. The second-order valence-electron chi connectivity index (χ2n) is 5.26. The molecule has 0 fully saturated rings. The minimum absolute atomic E-state index is 0.0108. The van der Waals surface area contributed by atoms with Gasteiger partial charge in [0.2, 0.25) is 0 Å². The highest BCUT2D eigenvalue weighted by Crippen LogP contribution is 2.07. The van der Waals surface area contributed by atoms with Crippen LogP contribution in [-0.4, -0.2) is 34.9 Å². The molecule has 1 N–H and O–H groups in total. The van der Waals surface area contributed by atoms with E-state index in [9.17, 15) is 4.79 Å². The standard InChI is InChI=1S/C14H25N3O2/c1-6-19-9-13(10(2)3)15-14(18)12-7-8-17(16-12)11(4)5/h7-8,10-11,13H,6,9H2,1-5H3,(H,15,18)/t13-/m1/s1. The van der Waals surface area contributed by atoms with Crippen LogP contribution in [0.15, 0.2) is 12.3 Å². The van der Waals surface area contributed by atoms with Gasteiger partial charge in [0, 0.05) is 18.8 Å². The smallest absolute Gasteiger partial charge is 0.272 e. The first kappa shape index (κ1) is 15.7. The molecule has 1 rings (SSSR count). The molecule has 1 amide bonds. The van der Waals surface area contributed by atoms with Crippen LogP contribution in [0.2, 0.25) is 0 Å². The Kier molecular flexibility index (Phi) is 6.02. The highest BCUT2D eigenvalue weighted by molar-refractivity contribution is 5.92. The molecule has 5 nitrogen and oxygen atoms in total. The van der Waals surface area contributed by atoms with Crippen molar-refractivity contribution in [1.82, 2.24) is 15.1 Å². The van der Waals surface area contributed by atoms with Crippen molar-refractivity contribution >= 4 is 5.91 Å². The average molecular weight is 267 g/mol. The molecule has 108 valence electrons. The molecule has 19 heavy (non-hydrogen) atoms. The van der Waals surface area contributed by atoms with Crippen LogP contribution in [0, 0.1) is 5.92 Å². The molecule has 0 aliphatic heterocycles. The van der Waals surface area contributed by atoms with E-state index in [-0.39, 0.29) is 18.0 Å². The fourth-order valence-electron chi connectivity index (χ4n) is 1.63. The summed E-state index contributed by atoms with van der Waals surface area (Å²) >= 11 is 0. The van der Waals surface area contributed by atoms with Gasteiger partial charge in [-0.05, 0) is 32.8 Å². The third kappa shape index (κ3) is 4.67. The van der Waals surface area contributed by atoms with E-state index >= 15 is 0 Å². The molecule has 0 aliphatic carbocycles. The Hall–Kier alpha value is -1.36. The zero-order valence-electron chi connectivity index (χ0n) is 12.5. The Morgan fingerprint density at radius 1 is 1.42 bits per heavy atom. The summed E-state index contributed by atoms with van der Waals surface area (Å²) in [4.78, 5) is 12.1. The van der Waals surface area contributed by atoms with Gasteiger partial charge in [-0.15, -0.1) is 0 Å². The second-order valence-corrected chi connectivity index (χ2v) is 5.26. The maximum absolute atomic E-state index is 12.1. The van der Waals surface area contributed by atoms with Gasteiger partial charge >= 0.3 is 0 Å². The lowest BCUT2D eigenvalue weighted by molar-refractivity contribution is 0.0801. The zero-order chi connectivity index (χ0) is 14.4. The van der Waals surface area contributed by atoms with Gasteiger partial charge in [0.15, 0.2) is 0 Å². The van der Waals surface area contributed by atoms with Crippen LogP contribution >= 0.6 is 0 Å². The summed E-state index contributed by atoms with van der Waals surface area (Å²) in [5.41, 5.74) is 0.454. The first-order valence-corrected chi connectivity index (χ1v) is 6.89. The number of amides is 1. The van der Waals surface area contributed by atoms with Crippen LogP contribution in [0.3, 0.4) is 0 Å². The van der Waals surface area contributed by atoms with E-state index in [0.717, 1.165) is 0 Å². The van der Waals surface area contributed by atoms with Crippen molar-refractivity contribution in [3.05, 3.63) is 18.0 Å². The number of nitrogens with zero attached hydrogens (tertiary/aromatic N) is 2. The summed E-state index contributed by atoms with van der Waals surface area (Å²) in [6, 6.07) is 2.01. The molecule has 0 saturated carbocycles. The first-order chi connectivity index (χ1) is 8.95. The van der Waals surface area contributed by atoms with E-state index in [1.54, 1.807) is 10.7 Å². The lowest BCUT2D eigenvalue weighted by Gasteiger charge is -2.21. The van der Waals surface area contributed by atoms with E-state index in [1.165, 1.54) is 0 Å². The number of carbonyl (C=O) groups excluding carboxylic acids is 1. The summed E-state index contributed by atoms with van der Waals surface area (Å²) < 4.78 is 7.18. The second kappa shape index (κ2) is 7.28. The molecule has 0 saturated heterocycles. The minimum atomic E-state index is -0.141. The molecule has 0 unspecified atom stereocenters. The van der Waals surface area contributed by atoms with Gasteiger partial charge in [0.25, 0.3) is 5.91 Å². The van der Waals surface area contributed by atoms with Crippen LogP contribution < -0.4 is 5.32 Å². The Balaban J connectivity index is 2.64. The van der Waals surface area contributed by atoms with Crippen molar-refractivity contribution in [1.29, 1.82) is 0 Å². The Morgan fingerprint density at radius 2 is 2.11 bits per heavy atom. The van der Waals surface area contributed by atoms with Gasteiger partial charge in [-0.2, -0.15) is 5.10 Å². The fourth-order valence-corrected chi connectivity index (χ4v) is 1.63. The summed E-state index contributed by atoms with van der Waals surface area (Å²) in [5.74, 6) is 0.181. The van der Waals surface area contributed by atoms with Crippen LogP contribution in [0.5, 0.6) is 0 Å². The number of rotatable bonds is 7. The molecular formula is C14H25N3O2. The zero-order valence-corrected chi connectivity index (χ0v) is 12.5. The molecule has 1 heterocycles. The number of nitrogens with one attached hydrogen (secondary N) is 1. The van der Waals surface area contributed by atoms with E-state index in [0.29, 0.717) is 24.8 Å². The maximum Gasteiger partial charge on any atom is 0.272 e. The largest absolute Gasteiger partial charge is 0.380 e. The SMILES string of the molecule is CCOC[C@@H](NC(=O)c1ccn(C(C)C)n1)C(C)C. The summed E-state index contributed by atoms with van der Waals surface area (Å²) in [5, 5.41) is 7.25. The van der Waals surface area contributed by atoms with Crippen LogP contribution in [0.1, 0.15) is 51.1 Å². The molecule has 0 aromatic carbocycles. The van der Waals surface area contributed by atoms with E-state index in [2.05, 4.69) is 24.3 Å². The van der Waals surface area contributed by atoms with E-state index in [1.807, 2.05) is 27.0 Å². The lowest BCUT2D eigenvalue weighted by Crippen LogP contribution is -2.42. The van der Waals surface area contributed by atoms with Crippen molar-refractivity contribution in [3.63, 3.8) is 0 Å². The van der Waals surface area contributed by atoms with Gasteiger partial charge in [-0.25, -0.2) is 0 Å². The molecule has 5 heteroatoms. The van der Waals surface area contributed by atoms with Crippen LogP contribution in [0.25, 0.3) is 0 Å². The third-order valence-electron chi connectivity index (χ3n) is 2.99. The van der Waals surface area contributed by atoms with Crippen molar-refractivity contribution < 1.29 is 9.53 Å². The van der Waals surface area contributed by atoms with Crippen molar-refractivity contribution in [3.8, 4) is 0 Å². The normalized spacial score (nSPS) is 13.0. The topological polar surface area (TPSA) is 56.1 Å². The van der Waals surface area contributed by atoms with Gasteiger partial charge < -0.3 is 10.1 Å². The lowest BCUT2D eigenvalue weighted by atomic mass is 10.1. The Bertz CT molecular complexity index is 399. The quantitative estimate of drug-likeness (QED) is 0.824. The van der Waals surface area contributed by atoms with Gasteiger partial charge in [-0.1, -0.05) is 13.8 Å². The molecule has 1 aromatic rings. The van der Waals surface area contributed by atoms with Gasteiger partial charge in [0.05, 0.1) is 12.6 Å². The van der Waals surface area contributed by atoms with Gasteiger partial charge in [-0.3, -0.25) is 9.48 Å². The Labute approximate surface area is 115 Å². The summed E-state index contributed by atoms with van der Waals surface area (Å²) in [6.07, 6.45) is 1.83. The Morgan fingerprint density at radius 3 is 2.58 bits per heavy atom. The van der Waals surface area contributed by atoms with Crippen LogP contribution in [0.4, 0.5) is 0 Å². The third-order valence-corrected chi connectivity index (χ3v) is 2.99. The summed E-state index contributed by atoms with van der Waals surface area (Å²) in [7, 11) is 0. The average Bonchev–Trinajstić information content (AvgIpc) is 2.83. The molecule has 0 radical (unpaired) electrons. The number of aromatic nitrogens is 2. The number of ether oxygens (including phenoxy) is 1. The first-order valence-electron chi connectivity index (χ1n) is 6.89. The van der Waals surface area contributed by atoms with Gasteiger partial charge in [0.1, 0.15) is 5.69 Å². The maximum atomic E-state index is 12.1. The highest BCUT2D eigenvalue weighted by atomic mass is 16.5. The number of hydrogen-bond donors (Lipinski definition) is 1. The molecular weight excluding hydrogens is 242 g/mol. The predicted octanol–water partition coefficient (Wildman–Crippen LogP) is 2.25. The molecule has 0 bridgehead atoms.